The van der Waals surface area contributed by atoms with E-state index in [2.05, 4.69) is 16.0 Å². The minimum Gasteiger partial charge on any atom is -0.374 e. The van der Waals surface area contributed by atoms with Crippen molar-refractivity contribution in [1.82, 2.24) is 10.6 Å². The van der Waals surface area contributed by atoms with Gasteiger partial charge in [0.1, 0.15) is 5.82 Å². The number of imide groups is 1. The Balaban J connectivity index is 1.68. The van der Waals surface area contributed by atoms with E-state index in [0.717, 1.165) is 10.4 Å². The molecule has 0 unspecified atom stereocenters. The average Bonchev–Trinajstić information content (AvgIpc) is 2.99. The SMILES string of the molecule is Cc1ccc(NCC(=O)NC(=O)NCCc2cccs2)c(F)c1. The van der Waals surface area contributed by atoms with E-state index in [1.54, 1.807) is 30.4 Å². The highest BCUT2D eigenvalue weighted by molar-refractivity contribution is 7.09. The van der Waals surface area contributed by atoms with Crippen molar-refractivity contribution in [3.63, 3.8) is 0 Å². The number of hydrogen-bond acceptors (Lipinski definition) is 4. The zero-order valence-electron chi connectivity index (χ0n) is 12.7. The fourth-order valence-corrected chi connectivity index (χ4v) is 2.62. The summed E-state index contributed by atoms with van der Waals surface area (Å²) in [5, 5.41) is 9.42. The molecular formula is C16H18FN3O2S. The molecule has 0 aliphatic carbocycles. The van der Waals surface area contributed by atoms with Crippen molar-refractivity contribution in [2.24, 2.45) is 0 Å². The van der Waals surface area contributed by atoms with Crippen LogP contribution in [0, 0.1) is 12.7 Å². The van der Waals surface area contributed by atoms with Crippen molar-refractivity contribution in [3.05, 3.63) is 52.0 Å². The fraction of sp³-hybridized carbons (Fsp3) is 0.250. The number of thiophene rings is 1. The number of carbonyl (C=O) groups is 2. The van der Waals surface area contributed by atoms with Crippen LogP contribution in [0.2, 0.25) is 0 Å². The van der Waals surface area contributed by atoms with Crippen LogP contribution in [0.15, 0.2) is 35.7 Å². The Morgan fingerprint density at radius 2 is 2.09 bits per heavy atom. The third-order valence-electron chi connectivity index (χ3n) is 3.05. The first-order valence-electron chi connectivity index (χ1n) is 7.14. The van der Waals surface area contributed by atoms with E-state index in [0.29, 0.717) is 13.0 Å². The van der Waals surface area contributed by atoms with Gasteiger partial charge in [-0.1, -0.05) is 12.1 Å². The zero-order chi connectivity index (χ0) is 16.7. The molecule has 3 amide bonds. The minimum atomic E-state index is -0.558. The third kappa shape index (κ3) is 5.71. The summed E-state index contributed by atoms with van der Waals surface area (Å²) in [6, 6.07) is 8.03. The first-order valence-corrected chi connectivity index (χ1v) is 8.02. The number of aryl methyl sites for hydroxylation is 1. The van der Waals surface area contributed by atoms with Crippen LogP contribution in [-0.2, 0) is 11.2 Å². The zero-order valence-corrected chi connectivity index (χ0v) is 13.5. The molecule has 0 fully saturated rings. The van der Waals surface area contributed by atoms with E-state index in [1.165, 1.54) is 6.07 Å². The topological polar surface area (TPSA) is 70.2 Å². The maximum Gasteiger partial charge on any atom is 0.321 e. The largest absolute Gasteiger partial charge is 0.374 e. The van der Waals surface area contributed by atoms with Crippen molar-refractivity contribution in [2.75, 3.05) is 18.4 Å². The summed E-state index contributed by atoms with van der Waals surface area (Å²) in [6.45, 7) is 2.04. The highest BCUT2D eigenvalue weighted by Gasteiger charge is 2.08. The number of urea groups is 1. The number of benzene rings is 1. The lowest BCUT2D eigenvalue weighted by molar-refractivity contribution is -0.118. The minimum absolute atomic E-state index is 0.182. The van der Waals surface area contributed by atoms with E-state index in [-0.39, 0.29) is 12.2 Å². The Labute approximate surface area is 137 Å². The molecule has 122 valence electrons. The average molecular weight is 335 g/mol. The van der Waals surface area contributed by atoms with E-state index < -0.39 is 17.8 Å². The van der Waals surface area contributed by atoms with Gasteiger partial charge in [-0.15, -0.1) is 11.3 Å². The molecule has 0 radical (unpaired) electrons. The van der Waals surface area contributed by atoms with Crippen LogP contribution in [0.1, 0.15) is 10.4 Å². The summed E-state index contributed by atoms with van der Waals surface area (Å²) in [6.07, 6.45) is 0.714. The second-order valence-electron chi connectivity index (χ2n) is 4.97. The molecular weight excluding hydrogens is 317 g/mol. The number of anilines is 1. The molecule has 1 heterocycles. The molecule has 0 bridgehead atoms. The lowest BCUT2D eigenvalue weighted by atomic mass is 10.2. The van der Waals surface area contributed by atoms with Crippen LogP contribution < -0.4 is 16.0 Å². The Bertz CT molecular complexity index is 674. The molecule has 7 heteroatoms. The van der Waals surface area contributed by atoms with Crippen LogP contribution in [0.5, 0.6) is 0 Å². The Kier molecular flexibility index (Phi) is 6.10. The molecule has 0 saturated carbocycles. The number of amides is 3. The number of halogens is 1. The van der Waals surface area contributed by atoms with Gasteiger partial charge in [0.2, 0.25) is 5.91 Å². The molecule has 1 aromatic heterocycles. The summed E-state index contributed by atoms with van der Waals surface area (Å²) < 4.78 is 13.6. The predicted octanol–water partition coefficient (Wildman–Crippen LogP) is 2.68. The first kappa shape index (κ1) is 17.0. The molecule has 0 aliphatic heterocycles. The van der Waals surface area contributed by atoms with E-state index >= 15 is 0 Å². The molecule has 0 atom stereocenters. The quantitative estimate of drug-likeness (QED) is 0.760. The Morgan fingerprint density at radius 3 is 2.78 bits per heavy atom. The lowest BCUT2D eigenvalue weighted by Crippen LogP contribution is -2.42. The molecule has 23 heavy (non-hydrogen) atoms. The number of hydrogen-bond donors (Lipinski definition) is 3. The van der Waals surface area contributed by atoms with Gasteiger partial charge in [0.25, 0.3) is 0 Å². The molecule has 1 aromatic carbocycles. The molecule has 3 N–H and O–H groups in total. The monoisotopic (exact) mass is 335 g/mol. The van der Waals surface area contributed by atoms with Crippen molar-refractivity contribution < 1.29 is 14.0 Å². The second kappa shape index (κ2) is 8.28. The fourth-order valence-electron chi connectivity index (χ4n) is 1.91. The number of nitrogens with one attached hydrogen (secondary N) is 3. The maximum absolute atomic E-state index is 13.6. The van der Waals surface area contributed by atoms with Gasteiger partial charge < -0.3 is 10.6 Å². The van der Waals surface area contributed by atoms with Crippen molar-refractivity contribution in [2.45, 2.75) is 13.3 Å². The summed E-state index contributed by atoms with van der Waals surface area (Å²) in [5.41, 5.74) is 1.02. The van der Waals surface area contributed by atoms with E-state index in [1.807, 2.05) is 17.5 Å². The van der Waals surface area contributed by atoms with Crippen LogP contribution in [0.25, 0.3) is 0 Å². The van der Waals surface area contributed by atoms with Crippen molar-refractivity contribution in [3.8, 4) is 0 Å². The molecule has 2 rings (SSSR count). The molecule has 2 aromatic rings. The maximum atomic E-state index is 13.6. The van der Waals surface area contributed by atoms with Crippen LogP contribution in [-0.4, -0.2) is 25.0 Å². The van der Waals surface area contributed by atoms with Gasteiger partial charge in [0, 0.05) is 11.4 Å². The van der Waals surface area contributed by atoms with Gasteiger partial charge in [-0.2, -0.15) is 0 Å². The Hall–Kier alpha value is -2.41. The first-order chi connectivity index (χ1) is 11.0. The molecule has 0 aliphatic rings. The van der Waals surface area contributed by atoms with Gasteiger partial charge >= 0.3 is 6.03 Å². The van der Waals surface area contributed by atoms with Crippen LogP contribution in [0.3, 0.4) is 0 Å². The smallest absolute Gasteiger partial charge is 0.321 e. The molecule has 0 spiro atoms. The summed E-state index contributed by atoms with van der Waals surface area (Å²) in [4.78, 5) is 24.4. The highest BCUT2D eigenvalue weighted by Crippen LogP contribution is 2.14. The van der Waals surface area contributed by atoms with E-state index in [4.69, 9.17) is 0 Å². The standard InChI is InChI=1S/C16H18FN3O2S/c1-11-4-5-14(13(17)9-11)19-10-15(21)20-16(22)18-7-6-12-3-2-8-23-12/h2-5,8-9,19H,6-7,10H2,1H3,(H2,18,20,21,22). The van der Waals surface area contributed by atoms with E-state index in [9.17, 15) is 14.0 Å². The van der Waals surface area contributed by atoms with Gasteiger partial charge in [-0.05, 0) is 42.5 Å². The number of rotatable bonds is 6. The molecule has 0 saturated heterocycles. The lowest BCUT2D eigenvalue weighted by Gasteiger charge is -2.09. The van der Waals surface area contributed by atoms with Crippen LogP contribution >= 0.6 is 11.3 Å². The normalized spacial score (nSPS) is 10.2. The third-order valence-corrected chi connectivity index (χ3v) is 3.99. The Morgan fingerprint density at radius 1 is 1.26 bits per heavy atom. The van der Waals surface area contributed by atoms with Gasteiger partial charge in [-0.3, -0.25) is 10.1 Å². The van der Waals surface area contributed by atoms with Crippen molar-refractivity contribution in [1.29, 1.82) is 0 Å². The van der Waals surface area contributed by atoms with Gasteiger partial charge in [0.15, 0.2) is 0 Å². The number of carbonyl (C=O) groups excluding carboxylic acids is 2. The van der Waals surface area contributed by atoms with Crippen molar-refractivity contribution >= 4 is 29.0 Å². The second-order valence-corrected chi connectivity index (χ2v) is 6.00. The van der Waals surface area contributed by atoms with Gasteiger partial charge in [-0.25, -0.2) is 9.18 Å². The van der Waals surface area contributed by atoms with Crippen LogP contribution in [0.4, 0.5) is 14.9 Å². The summed E-state index contributed by atoms with van der Waals surface area (Å²) in [7, 11) is 0. The highest BCUT2D eigenvalue weighted by atomic mass is 32.1. The summed E-state index contributed by atoms with van der Waals surface area (Å²) >= 11 is 1.61. The molecule has 5 nitrogen and oxygen atoms in total. The predicted molar refractivity (Wildman–Crippen MR) is 89.2 cm³/mol. The van der Waals surface area contributed by atoms with Gasteiger partial charge in [0.05, 0.1) is 12.2 Å². The summed E-state index contributed by atoms with van der Waals surface area (Å²) in [5.74, 6) is -0.961.